The maximum atomic E-state index is 12.9. The third-order valence-electron chi connectivity index (χ3n) is 1.66. The van der Waals surface area contributed by atoms with Crippen molar-refractivity contribution >= 4 is 23.3 Å². The molecule has 72 valence electrons. The molecule has 0 N–H and O–H groups in total. The van der Waals surface area contributed by atoms with Crippen molar-refractivity contribution in [2.45, 2.75) is 5.16 Å². The van der Waals surface area contributed by atoms with Gasteiger partial charge in [-0.3, -0.25) is 0 Å². The van der Waals surface area contributed by atoms with E-state index >= 15 is 0 Å². The Morgan fingerprint density at radius 2 is 2.29 bits per heavy atom. The predicted octanol–water partition coefficient (Wildman–Crippen LogP) is 3.07. The van der Waals surface area contributed by atoms with Crippen LogP contribution in [0, 0.1) is 5.82 Å². The van der Waals surface area contributed by atoms with Crippen molar-refractivity contribution in [1.82, 2.24) is 9.36 Å². The molecule has 2 rings (SSSR count). The molecule has 0 spiro atoms. The average Bonchev–Trinajstić information content (AvgIpc) is 2.66. The minimum absolute atomic E-state index is 0.247. The fourth-order valence-electron chi connectivity index (χ4n) is 1.03. The molecule has 0 bridgehead atoms. The summed E-state index contributed by atoms with van der Waals surface area (Å²) in [4.78, 5) is 4.24. The van der Waals surface area contributed by atoms with E-state index in [9.17, 15) is 4.39 Å². The van der Waals surface area contributed by atoms with E-state index < -0.39 is 0 Å². The van der Waals surface area contributed by atoms with Crippen LogP contribution in [0.2, 0.25) is 0 Å². The SMILES string of the molecule is CSc1nsc(-c2cccc(F)c2)n1. The molecule has 2 aromatic rings. The monoisotopic (exact) mass is 226 g/mol. The molecule has 1 aromatic carbocycles. The Balaban J connectivity index is 2.39. The summed E-state index contributed by atoms with van der Waals surface area (Å²) in [6.45, 7) is 0. The Bertz CT molecular complexity index is 442. The lowest BCUT2D eigenvalue weighted by atomic mass is 10.2. The molecule has 0 unspecified atom stereocenters. The van der Waals surface area contributed by atoms with Gasteiger partial charge in [-0.05, 0) is 29.9 Å². The molecule has 2 nitrogen and oxygen atoms in total. The standard InChI is InChI=1S/C9H7FN2S2/c1-13-9-11-8(14-12-9)6-3-2-4-7(10)5-6/h2-5H,1H3. The molecule has 0 atom stereocenters. The predicted molar refractivity (Wildman–Crippen MR) is 57.1 cm³/mol. The number of aromatic nitrogens is 2. The highest BCUT2D eigenvalue weighted by Crippen LogP contribution is 2.24. The van der Waals surface area contributed by atoms with Crippen LogP contribution in [0.3, 0.4) is 0 Å². The lowest BCUT2D eigenvalue weighted by molar-refractivity contribution is 0.628. The second kappa shape index (κ2) is 4.06. The van der Waals surface area contributed by atoms with Crippen LogP contribution in [0.15, 0.2) is 29.4 Å². The summed E-state index contributed by atoms with van der Waals surface area (Å²) in [7, 11) is 0. The van der Waals surface area contributed by atoms with Crippen molar-refractivity contribution in [3.63, 3.8) is 0 Å². The summed E-state index contributed by atoms with van der Waals surface area (Å²) in [5, 5.41) is 1.49. The highest BCUT2D eigenvalue weighted by atomic mass is 32.2. The number of thioether (sulfide) groups is 1. The topological polar surface area (TPSA) is 25.8 Å². The van der Waals surface area contributed by atoms with Crippen LogP contribution >= 0.6 is 23.3 Å². The normalized spacial score (nSPS) is 10.4. The van der Waals surface area contributed by atoms with Crippen molar-refractivity contribution in [3.8, 4) is 10.6 Å². The molecule has 1 heterocycles. The number of benzene rings is 1. The van der Waals surface area contributed by atoms with Crippen LogP contribution in [0.4, 0.5) is 4.39 Å². The molecule has 0 aliphatic carbocycles. The molecule has 0 amide bonds. The largest absolute Gasteiger partial charge is 0.209 e. The first-order valence-electron chi connectivity index (χ1n) is 3.93. The molecule has 14 heavy (non-hydrogen) atoms. The van der Waals surface area contributed by atoms with Crippen LogP contribution in [-0.4, -0.2) is 15.6 Å². The van der Waals surface area contributed by atoms with E-state index in [4.69, 9.17) is 0 Å². The van der Waals surface area contributed by atoms with Gasteiger partial charge in [-0.1, -0.05) is 23.9 Å². The zero-order chi connectivity index (χ0) is 9.97. The van der Waals surface area contributed by atoms with Crippen LogP contribution in [0.1, 0.15) is 0 Å². The molecular weight excluding hydrogens is 219 g/mol. The second-order valence-electron chi connectivity index (χ2n) is 2.60. The van der Waals surface area contributed by atoms with Gasteiger partial charge in [0.05, 0.1) is 0 Å². The third kappa shape index (κ3) is 1.93. The van der Waals surface area contributed by atoms with Gasteiger partial charge in [0.25, 0.3) is 0 Å². The quantitative estimate of drug-likeness (QED) is 0.736. The first-order chi connectivity index (χ1) is 6.79. The highest BCUT2D eigenvalue weighted by molar-refractivity contribution is 7.98. The van der Waals surface area contributed by atoms with Crippen molar-refractivity contribution in [2.24, 2.45) is 0 Å². The maximum Gasteiger partial charge on any atom is 0.200 e. The van der Waals surface area contributed by atoms with Crippen LogP contribution in [0.5, 0.6) is 0 Å². The van der Waals surface area contributed by atoms with Gasteiger partial charge < -0.3 is 0 Å². The van der Waals surface area contributed by atoms with E-state index in [0.717, 1.165) is 15.7 Å². The van der Waals surface area contributed by atoms with Crippen molar-refractivity contribution in [1.29, 1.82) is 0 Å². The summed E-state index contributed by atoms with van der Waals surface area (Å²) < 4.78 is 17.0. The fourth-order valence-corrected chi connectivity index (χ4v) is 2.25. The Hall–Kier alpha value is -0.940. The van der Waals surface area contributed by atoms with Gasteiger partial charge >= 0.3 is 0 Å². The summed E-state index contributed by atoms with van der Waals surface area (Å²) in [6.07, 6.45) is 1.91. The Morgan fingerprint density at radius 1 is 1.43 bits per heavy atom. The first kappa shape index (κ1) is 9.61. The summed E-state index contributed by atoms with van der Waals surface area (Å²) in [5.41, 5.74) is 0.780. The molecular formula is C9H7FN2S2. The molecule has 1 aromatic heterocycles. The van der Waals surface area contributed by atoms with Gasteiger partial charge in [0.15, 0.2) is 5.16 Å². The van der Waals surface area contributed by atoms with Crippen molar-refractivity contribution < 1.29 is 4.39 Å². The molecule has 0 aliphatic heterocycles. The number of hydrogen-bond acceptors (Lipinski definition) is 4. The molecule has 0 saturated carbocycles. The van der Waals surface area contributed by atoms with Gasteiger partial charge in [-0.15, -0.1) is 0 Å². The Kier molecular flexibility index (Phi) is 2.79. The molecule has 0 aliphatic rings. The smallest absolute Gasteiger partial charge is 0.200 e. The van der Waals surface area contributed by atoms with Crippen LogP contribution in [-0.2, 0) is 0 Å². The van der Waals surface area contributed by atoms with Gasteiger partial charge in [-0.2, -0.15) is 4.37 Å². The van der Waals surface area contributed by atoms with Gasteiger partial charge in [0, 0.05) is 5.56 Å². The van der Waals surface area contributed by atoms with Gasteiger partial charge in [-0.25, -0.2) is 9.37 Å². The van der Waals surface area contributed by atoms with Gasteiger partial charge in [0.2, 0.25) is 0 Å². The minimum atomic E-state index is -0.247. The maximum absolute atomic E-state index is 12.9. The average molecular weight is 226 g/mol. The lowest BCUT2D eigenvalue weighted by Gasteiger charge is -1.93. The van der Waals surface area contributed by atoms with E-state index in [2.05, 4.69) is 9.36 Å². The fraction of sp³-hybridized carbons (Fsp3) is 0.111. The molecule has 5 heteroatoms. The van der Waals surface area contributed by atoms with E-state index in [1.165, 1.54) is 35.4 Å². The second-order valence-corrected chi connectivity index (χ2v) is 4.12. The van der Waals surface area contributed by atoms with Crippen LogP contribution in [0.25, 0.3) is 10.6 Å². The lowest BCUT2D eigenvalue weighted by Crippen LogP contribution is -1.78. The highest BCUT2D eigenvalue weighted by Gasteiger charge is 2.05. The summed E-state index contributed by atoms with van der Waals surface area (Å²) in [6, 6.07) is 6.38. The van der Waals surface area contributed by atoms with Crippen molar-refractivity contribution in [2.75, 3.05) is 6.26 Å². The third-order valence-corrected chi connectivity index (χ3v) is 3.09. The zero-order valence-electron chi connectivity index (χ0n) is 7.40. The van der Waals surface area contributed by atoms with E-state index in [1.807, 2.05) is 12.3 Å². The number of hydrogen-bond donors (Lipinski definition) is 0. The van der Waals surface area contributed by atoms with E-state index in [0.29, 0.717) is 0 Å². The van der Waals surface area contributed by atoms with E-state index in [-0.39, 0.29) is 5.82 Å². The number of rotatable bonds is 2. The van der Waals surface area contributed by atoms with Gasteiger partial charge in [0.1, 0.15) is 10.8 Å². The molecule has 0 saturated heterocycles. The summed E-state index contributed by atoms with van der Waals surface area (Å²) in [5.74, 6) is -0.247. The number of halogens is 1. The van der Waals surface area contributed by atoms with Crippen LogP contribution < -0.4 is 0 Å². The molecule has 0 radical (unpaired) electrons. The minimum Gasteiger partial charge on any atom is -0.209 e. The number of nitrogens with zero attached hydrogens (tertiary/aromatic N) is 2. The Morgan fingerprint density at radius 3 is 2.93 bits per heavy atom. The first-order valence-corrected chi connectivity index (χ1v) is 5.93. The Labute approximate surface area is 89.4 Å². The summed E-state index contributed by atoms with van der Waals surface area (Å²) >= 11 is 2.77. The molecule has 0 fully saturated rings. The van der Waals surface area contributed by atoms with E-state index in [1.54, 1.807) is 6.07 Å². The zero-order valence-corrected chi connectivity index (χ0v) is 9.03. The van der Waals surface area contributed by atoms with Crippen molar-refractivity contribution in [3.05, 3.63) is 30.1 Å².